The maximum atomic E-state index is 6.07. The van der Waals surface area contributed by atoms with Crippen LogP contribution in [-0.2, 0) is 13.0 Å². The Morgan fingerprint density at radius 1 is 1.28 bits per heavy atom. The van der Waals surface area contributed by atoms with E-state index >= 15 is 0 Å². The van der Waals surface area contributed by atoms with Gasteiger partial charge >= 0.3 is 0 Å². The van der Waals surface area contributed by atoms with Gasteiger partial charge in [0.15, 0.2) is 0 Å². The van der Waals surface area contributed by atoms with Crippen LogP contribution >= 0.6 is 0 Å². The number of fused-ring (bicyclic) bond motifs is 1. The van der Waals surface area contributed by atoms with Gasteiger partial charge < -0.3 is 16.0 Å². The van der Waals surface area contributed by atoms with Crippen LogP contribution in [0.2, 0.25) is 0 Å². The van der Waals surface area contributed by atoms with E-state index in [9.17, 15) is 0 Å². The van der Waals surface area contributed by atoms with Crippen molar-refractivity contribution in [3.8, 4) is 0 Å². The Bertz CT molecular complexity index is 437. The zero-order valence-corrected chi connectivity index (χ0v) is 10.9. The summed E-state index contributed by atoms with van der Waals surface area (Å²) in [5.74, 6) is 2.31. The summed E-state index contributed by atoms with van der Waals surface area (Å²) in [5, 5.41) is 3.34. The molecular weight excluding hydrogens is 226 g/mol. The van der Waals surface area contributed by atoms with Crippen LogP contribution in [-0.4, -0.2) is 29.6 Å². The van der Waals surface area contributed by atoms with Gasteiger partial charge in [-0.3, -0.25) is 0 Å². The van der Waals surface area contributed by atoms with Crippen molar-refractivity contribution in [1.29, 1.82) is 0 Å². The molecule has 0 aliphatic carbocycles. The number of hydrogen-bond acceptors (Lipinski definition) is 5. The average Bonchev–Trinajstić information content (AvgIpc) is 2.39. The van der Waals surface area contributed by atoms with E-state index < -0.39 is 0 Å². The van der Waals surface area contributed by atoms with Gasteiger partial charge in [0, 0.05) is 25.2 Å². The lowest BCUT2D eigenvalue weighted by molar-refractivity contribution is 0.434. The van der Waals surface area contributed by atoms with Gasteiger partial charge in [-0.1, -0.05) is 6.92 Å². The SMILES string of the molecule is CC1CCN(c2nc(N)c3c(n2)CNCC3)CC1. The number of nitrogens with one attached hydrogen (secondary N) is 1. The van der Waals surface area contributed by atoms with Crippen LogP contribution in [0.25, 0.3) is 0 Å². The molecule has 2 aliphatic heterocycles. The van der Waals surface area contributed by atoms with Crippen molar-refractivity contribution < 1.29 is 0 Å². The van der Waals surface area contributed by atoms with Crippen molar-refractivity contribution in [2.75, 3.05) is 30.3 Å². The predicted molar refractivity (Wildman–Crippen MR) is 72.5 cm³/mol. The molecule has 0 spiro atoms. The van der Waals surface area contributed by atoms with E-state index in [1.54, 1.807) is 0 Å². The minimum Gasteiger partial charge on any atom is -0.383 e. The average molecular weight is 247 g/mol. The Kier molecular flexibility index (Phi) is 3.07. The highest BCUT2D eigenvalue weighted by Gasteiger charge is 2.21. The van der Waals surface area contributed by atoms with E-state index in [0.29, 0.717) is 5.82 Å². The summed E-state index contributed by atoms with van der Waals surface area (Å²) in [6, 6.07) is 0. The van der Waals surface area contributed by atoms with E-state index in [4.69, 9.17) is 10.7 Å². The number of hydrogen-bond donors (Lipinski definition) is 2. The molecule has 0 atom stereocenters. The first-order valence-electron chi connectivity index (χ1n) is 6.85. The molecule has 1 saturated heterocycles. The number of nitrogen functional groups attached to an aromatic ring is 1. The van der Waals surface area contributed by atoms with Crippen molar-refractivity contribution in [2.45, 2.75) is 32.7 Å². The second-order valence-corrected chi connectivity index (χ2v) is 5.43. The number of aromatic nitrogens is 2. The first kappa shape index (κ1) is 11.7. The Balaban J connectivity index is 1.86. The number of anilines is 2. The minimum absolute atomic E-state index is 0.676. The molecular formula is C13H21N5. The number of piperidine rings is 1. The quantitative estimate of drug-likeness (QED) is 0.773. The lowest BCUT2D eigenvalue weighted by Gasteiger charge is -2.31. The van der Waals surface area contributed by atoms with Gasteiger partial charge in [0.1, 0.15) is 5.82 Å². The fourth-order valence-electron chi connectivity index (χ4n) is 2.73. The first-order chi connectivity index (χ1) is 8.74. The second-order valence-electron chi connectivity index (χ2n) is 5.43. The molecule has 0 amide bonds. The Morgan fingerprint density at radius 2 is 2.06 bits per heavy atom. The standard InChI is InChI=1S/C13H21N5/c1-9-3-6-18(7-4-9)13-16-11-8-15-5-2-10(11)12(14)17-13/h9,15H,2-8H2,1H3,(H2,14,16,17). The van der Waals surface area contributed by atoms with Gasteiger partial charge in [-0.2, -0.15) is 4.98 Å². The first-order valence-corrected chi connectivity index (χ1v) is 6.85. The van der Waals surface area contributed by atoms with Crippen LogP contribution in [0.4, 0.5) is 11.8 Å². The van der Waals surface area contributed by atoms with Crippen LogP contribution < -0.4 is 16.0 Å². The molecule has 3 heterocycles. The third kappa shape index (κ3) is 2.14. The van der Waals surface area contributed by atoms with E-state index in [1.165, 1.54) is 12.8 Å². The van der Waals surface area contributed by atoms with Crippen LogP contribution in [0.1, 0.15) is 31.0 Å². The summed E-state index contributed by atoms with van der Waals surface area (Å²) in [6.45, 7) is 6.20. The summed E-state index contributed by atoms with van der Waals surface area (Å²) in [6.07, 6.45) is 3.38. The topological polar surface area (TPSA) is 67.1 Å². The summed E-state index contributed by atoms with van der Waals surface area (Å²) in [7, 11) is 0. The minimum atomic E-state index is 0.676. The van der Waals surface area contributed by atoms with E-state index in [1.807, 2.05) is 0 Å². The Labute approximate surface area is 108 Å². The number of nitrogens with zero attached hydrogens (tertiary/aromatic N) is 3. The Morgan fingerprint density at radius 3 is 2.83 bits per heavy atom. The molecule has 5 nitrogen and oxygen atoms in total. The highest BCUT2D eigenvalue weighted by Crippen LogP contribution is 2.24. The van der Waals surface area contributed by atoms with Gasteiger partial charge in [0.05, 0.1) is 5.69 Å². The second kappa shape index (κ2) is 4.72. The lowest BCUT2D eigenvalue weighted by atomic mass is 9.99. The van der Waals surface area contributed by atoms with Crippen molar-refractivity contribution in [2.24, 2.45) is 5.92 Å². The third-order valence-corrected chi connectivity index (χ3v) is 4.02. The summed E-state index contributed by atoms with van der Waals surface area (Å²) >= 11 is 0. The molecule has 18 heavy (non-hydrogen) atoms. The van der Waals surface area contributed by atoms with Crippen LogP contribution in [0.15, 0.2) is 0 Å². The molecule has 1 aromatic rings. The van der Waals surface area contributed by atoms with Crippen molar-refractivity contribution in [1.82, 2.24) is 15.3 Å². The van der Waals surface area contributed by atoms with Crippen molar-refractivity contribution >= 4 is 11.8 Å². The number of rotatable bonds is 1. The molecule has 5 heteroatoms. The summed E-state index contributed by atoms with van der Waals surface area (Å²) in [4.78, 5) is 11.5. The van der Waals surface area contributed by atoms with E-state index in [0.717, 1.165) is 55.7 Å². The molecule has 0 unspecified atom stereocenters. The van der Waals surface area contributed by atoms with E-state index in [-0.39, 0.29) is 0 Å². The van der Waals surface area contributed by atoms with E-state index in [2.05, 4.69) is 22.1 Å². The zero-order valence-electron chi connectivity index (χ0n) is 10.9. The van der Waals surface area contributed by atoms with Crippen LogP contribution in [0.3, 0.4) is 0 Å². The van der Waals surface area contributed by atoms with Gasteiger partial charge in [-0.25, -0.2) is 4.98 Å². The fraction of sp³-hybridized carbons (Fsp3) is 0.692. The smallest absolute Gasteiger partial charge is 0.227 e. The number of nitrogens with two attached hydrogens (primary N) is 1. The third-order valence-electron chi connectivity index (χ3n) is 4.02. The van der Waals surface area contributed by atoms with Gasteiger partial charge in [-0.05, 0) is 31.7 Å². The van der Waals surface area contributed by atoms with Gasteiger partial charge in [0.25, 0.3) is 0 Å². The molecule has 2 aliphatic rings. The largest absolute Gasteiger partial charge is 0.383 e. The zero-order chi connectivity index (χ0) is 12.5. The summed E-state index contributed by atoms with van der Waals surface area (Å²) < 4.78 is 0. The van der Waals surface area contributed by atoms with Gasteiger partial charge in [0.2, 0.25) is 5.95 Å². The molecule has 1 aromatic heterocycles. The molecule has 1 fully saturated rings. The van der Waals surface area contributed by atoms with Crippen molar-refractivity contribution in [3.05, 3.63) is 11.3 Å². The van der Waals surface area contributed by atoms with Crippen molar-refractivity contribution in [3.63, 3.8) is 0 Å². The van der Waals surface area contributed by atoms with Gasteiger partial charge in [-0.15, -0.1) is 0 Å². The maximum absolute atomic E-state index is 6.07. The summed E-state index contributed by atoms with van der Waals surface area (Å²) in [5.41, 5.74) is 8.30. The fourth-order valence-corrected chi connectivity index (χ4v) is 2.73. The molecule has 0 bridgehead atoms. The monoisotopic (exact) mass is 247 g/mol. The molecule has 0 saturated carbocycles. The van der Waals surface area contributed by atoms with Crippen LogP contribution in [0.5, 0.6) is 0 Å². The highest BCUT2D eigenvalue weighted by molar-refractivity contribution is 5.49. The molecule has 98 valence electrons. The molecule has 0 radical (unpaired) electrons. The molecule has 3 N–H and O–H groups in total. The normalized spacial score (nSPS) is 20.8. The lowest BCUT2D eigenvalue weighted by Crippen LogP contribution is -2.35. The molecule has 0 aromatic carbocycles. The highest BCUT2D eigenvalue weighted by atomic mass is 15.3. The predicted octanol–water partition coefficient (Wildman–Crippen LogP) is 0.941. The Hall–Kier alpha value is -1.36. The molecule has 3 rings (SSSR count). The van der Waals surface area contributed by atoms with Crippen LogP contribution in [0, 0.1) is 5.92 Å². The maximum Gasteiger partial charge on any atom is 0.227 e.